The van der Waals surface area contributed by atoms with Crippen LogP contribution in [0.15, 0.2) is 39.7 Å². The molecule has 108 valence electrons. The van der Waals surface area contributed by atoms with Gasteiger partial charge in [0.05, 0.1) is 15.3 Å². The van der Waals surface area contributed by atoms with Gasteiger partial charge < -0.3 is 5.73 Å². The van der Waals surface area contributed by atoms with E-state index in [0.717, 1.165) is 4.88 Å². The van der Waals surface area contributed by atoms with Crippen molar-refractivity contribution in [2.24, 2.45) is 0 Å². The first-order chi connectivity index (χ1) is 9.29. The van der Waals surface area contributed by atoms with E-state index < -0.39 is 10.0 Å². The topological polar surface area (TPSA) is 72.2 Å². The monoisotopic (exact) mass is 394 g/mol. The summed E-state index contributed by atoms with van der Waals surface area (Å²) in [6.07, 6.45) is 0. The zero-order valence-electron chi connectivity index (χ0n) is 10.4. The van der Waals surface area contributed by atoms with Crippen molar-refractivity contribution in [2.45, 2.75) is 17.9 Å². The Morgan fingerprint density at radius 3 is 2.65 bits per heavy atom. The van der Waals surface area contributed by atoms with Gasteiger partial charge in [-0.25, -0.2) is 13.1 Å². The molecule has 0 aliphatic heterocycles. The second-order valence-corrected chi connectivity index (χ2v) is 8.46. The predicted molar refractivity (Wildman–Crippen MR) is 86.6 cm³/mol. The number of benzene rings is 1. The number of hydrogen-bond donors (Lipinski definition) is 2. The van der Waals surface area contributed by atoms with Crippen LogP contribution in [-0.4, -0.2) is 8.42 Å². The molecule has 0 spiro atoms. The van der Waals surface area contributed by atoms with Crippen LogP contribution in [0.4, 0.5) is 5.69 Å². The Balaban J connectivity index is 2.29. The van der Waals surface area contributed by atoms with Gasteiger partial charge in [0.15, 0.2) is 0 Å². The van der Waals surface area contributed by atoms with Crippen LogP contribution in [0.5, 0.6) is 0 Å². The molecule has 0 saturated heterocycles. The molecule has 20 heavy (non-hydrogen) atoms. The van der Waals surface area contributed by atoms with E-state index in [1.54, 1.807) is 31.2 Å². The summed E-state index contributed by atoms with van der Waals surface area (Å²) in [6, 6.07) is 7.82. The van der Waals surface area contributed by atoms with Gasteiger partial charge in [0.1, 0.15) is 0 Å². The third kappa shape index (κ3) is 3.53. The number of nitrogens with one attached hydrogen (secondary N) is 1. The molecule has 1 atom stereocenters. The lowest BCUT2D eigenvalue weighted by atomic mass is 10.3. The van der Waals surface area contributed by atoms with Crippen LogP contribution in [0.25, 0.3) is 0 Å². The third-order valence-corrected chi connectivity index (χ3v) is 6.55. The van der Waals surface area contributed by atoms with Crippen molar-refractivity contribution in [2.75, 3.05) is 5.73 Å². The van der Waals surface area contributed by atoms with Crippen molar-refractivity contribution < 1.29 is 8.42 Å². The van der Waals surface area contributed by atoms with Crippen LogP contribution in [0.3, 0.4) is 0 Å². The predicted octanol–water partition coefficient (Wildman–Crippen LogP) is 3.79. The van der Waals surface area contributed by atoms with Gasteiger partial charge in [-0.1, -0.05) is 11.6 Å². The van der Waals surface area contributed by atoms with Gasteiger partial charge >= 0.3 is 0 Å². The lowest BCUT2D eigenvalue weighted by Gasteiger charge is -2.14. The van der Waals surface area contributed by atoms with Crippen molar-refractivity contribution in [1.82, 2.24) is 4.72 Å². The molecule has 1 heterocycles. The van der Waals surface area contributed by atoms with E-state index in [0.29, 0.717) is 14.5 Å². The average molecular weight is 396 g/mol. The van der Waals surface area contributed by atoms with Crippen LogP contribution in [-0.2, 0) is 10.0 Å². The minimum absolute atomic E-state index is 0.118. The third-order valence-electron chi connectivity index (χ3n) is 2.60. The Kier molecular flexibility index (Phi) is 4.76. The maximum Gasteiger partial charge on any atom is 0.242 e. The molecule has 4 nitrogen and oxygen atoms in total. The second kappa shape index (κ2) is 6.03. The van der Waals surface area contributed by atoms with E-state index >= 15 is 0 Å². The van der Waals surface area contributed by atoms with Crippen LogP contribution in [0.2, 0.25) is 4.34 Å². The maximum absolute atomic E-state index is 12.4. The summed E-state index contributed by atoms with van der Waals surface area (Å²) in [6.45, 7) is 1.76. The molecular formula is C12H12BrClN2O2S2. The van der Waals surface area contributed by atoms with Gasteiger partial charge in [-0.3, -0.25) is 0 Å². The molecule has 0 radical (unpaired) electrons. The molecule has 1 unspecified atom stereocenters. The summed E-state index contributed by atoms with van der Waals surface area (Å²) in [5.74, 6) is 0. The highest BCUT2D eigenvalue weighted by atomic mass is 79.9. The highest BCUT2D eigenvalue weighted by Crippen LogP contribution is 2.29. The Morgan fingerprint density at radius 1 is 1.35 bits per heavy atom. The molecule has 1 aromatic carbocycles. The molecule has 0 fully saturated rings. The number of rotatable bonds is 4. The van der Waals surface area contributed by atoms with Crippen LogP contribution in [0.1, 0.15) is 17.8 Å². The smallest absolute Gasteiger partial charge is 0.242 e. The summed E-state index contributed by atoms with van der Waals surface area (Å²) in [5, 5.41) is 0. The molecule has 0 saturated carbocycles. The first-order valence-corrected chi connectivity index (χ1v) is 9.09. The summed E-state index contributed by atoms with van der Waals surface area (Å²) in [7, 11) is -3.66. The second-order valence-electron chi connectivity index (χ2n) is 4.17. The van der Waals surface area contributed by atoms with Gasteiger partial charge in [-0.05, 0) is 53.2 Å². The summed E-state index contributed by atoms with van der Waals surface area (Å²) >= 11 is 10.4. The van der Waals surface area contributed by atoms with Gasteiger partial charge in [-0.15, -0.1) is 11.3 Å². The van der Waals surface area contributed by atoms with Crippen molar-refractivity contribution in [1.29, 1.82) is 0 Å². The SMILES string of the molecule is CC(NS(=O)(=O)c1cc(N)ccc1Br)c1ccc(Cl)s1. The molecule has 2 rings (SSSR count). The largest absolute Gasteiger partial charge is 0.399 e. The van der Waals surface area contributed by atoms with E-state index in [-0.39, 0.29) is 10.9 Å². The molecule has 0 amide bonds. The molecule has 1 aromatic heterocycles. The standard InChI is InChI=1S/C12H12BrClN2O2S2/c1-7(10-4-5-12(14)19-10)16-20(17,18)11-6-8(15)2-3-9(11)13/h2-7,16H,15H2,1H3. The maximum atomic E-state index is 12.4. The number of nitrogens with two attached hydrogens (primary N) is 1. The van der Waals surface area contributed by atoms with E-state index in [1.807, 2.05) is 0 Å². The Bertz CT molecular complexity index is 731. The first-order valence-electron chi connectivity index (χ1n) is 5.62. The van der Waals surface area contributed by atoms with E-state index in [1.165, 1.54) is 17.4 Å². The van der Waals surface area contributed by atoms with Crippen molar-refractivity contribution in [3.8, 4) is 0 Å². The fourth-order valence-electron chi connectivity index (χ4n) is 1.64. The zero-order chi connectivity index (χ0) is 14.9. The first kappa shape index (κ1) is 15.8. The molecule has 0 bridgehead atoms. The van der Waals surface area contributed by atoms with Gasteiger partial charge in [0.2, 0.25) is 10.0 Å². The fourth-order valence-corrected chi connectivity index (χ4v) is 5.00. The number of anilines is 1. The number of sulfonamides is 1. The summed E-state index contributed by atoms with van der Waals surface area (Å²) in [4.78, 5) is 0.964. The fraction of sp³-hybridized carbons (Fsp3) is 0.167. The van der Waals surface area contributed by atoms with Gasteiger partial charge in [0.25, 0.3) is 0 Å². The van der Waals surface area contributed by atoms with Crippen LogP contribution in [0, 0.1) is 0 Å². The van der Waals surface area contributed by atoms with E-state index in [9.17, 15) is 8.42 Å². The molecule has 0 aliphatic carbocycles. The minimum Gasteiger partial charge on any atom is -0.399 e. The molecular weight excluding hydrogens is 384 g/mol. The highest BCUT2D eigenvalue weighted by Gasteiger charge is 2.22. The molecule has 2 aromatic rings. The lowest BCUT2D eigenvalue weighted by Crippen LogP contribution is -2.26. The number of halogens is 2. The van der Waals surface area contributed by atoms with Crippen molar-refractivity contribution in [3.63, 3.8) is 0 Å². The van der Waals surface area contributed by atoms with Crippen LogP contribution >= 0.6 is 38.9 Å². The van der Waals surface area contributed by atoms with Gasteiger partial charge in [0, 0.05) is 15.0 Å². The minimum atomic E-state index is -3.66. The summed E-state index contributed by atoms with van der Waals surface area (Å²) in [5.41, 5.74) is 6.03. The molecule has 3 N–H and O–H groups in total. The van der Waals surface area contributed by atoms with Crippen molar-refractivity contribution in [3.05, 3.63) is 44.0 Å². The lowest BCUT2D eigenvalue weighted by molar-refractivity contribution is 0.568. The Hall–Kier alpha value is -0.600. The number of nitrogen functional groups attached to an aromatic ring is 1. The van der Waals surface area contributed by atoms with Crippen LogP contribution < -0.4 is 10.5 Å². The molecule has 0 aliphatic rings. The quantitative estimate of drug-likeness (QED) is 0.774. The van der Waals surface area contributed by atoms with Crippen molar-refractivity contribution >= 4 is 54.6 Å². The summed E-state index contributed by atoms with van der Waals surface area (Å²) < 4.78 is 28.4. The normalized spacial score (nSPS) is 13.3. The van der Waals surface area contributed by atoms with Gasteiger partial charge in [-0.2, -0.15) is 0 Å². The molecule has 8 heteroatoms. The Morgan fingerprint density at radius 2 is 2.05 bits per heavy atom. The van der Waals surface area contributed by atoms with E-state index in [4.69, 9.17) is 17.3 Å². The number of thiophene rings is 1. The highest BCUT2D eigenvalue weighted by molar-refractivity contribution is 9.10. The zero-order valence-corrected chi connectivity index (χ0v) is 14.4. The average Bonchev–Trinajstić information content (AvgIpc) is 2.78. The Labute approximate surface area is 135 Å². The van der Waals surface area contributed by atoms with E-state index in [2.05, 4.69) is 20.7 Å². The number of hydrogen-bond acceptors (Lipinski definition) is 4.